The van der Waals surface area contributed by atoms with E-state index in [1.54, 1.807) is 0 Å². The van der Waals surface area contributed by atoms with E-state index in [1.165, 1.54) is 25.9 Å². The Morgan fingerprint density at radius 3 is 1.88 bits per heavy atom. The minimum absolute atomic E-state index is 0.650. The third-order valence-electron chi connectivity index (χ3n) is 2.97. The smallest absolute Gasteiger partial charge is 0.0192 e. The average molecular weight is 242 g/mol. The van der Waals surface area contributed by atoms with Gasteiger partial charge in [-0.25, -0.2) is 0 Å². The van der Waals surface area contributed by atoms with Gasteiger partial charge >= 0.3 is 0 Å². The first-order valence-corrected chi connectivity index (χ1v) is 7.42. The third-order valence-corrected chi connectivity index (χ3v) is 2.97. The molecule has 0 saturated carbocycles. The van der Waals surface area contributed by atoms with Gasteiger partial charge in [0.1, 0.15) is 0 Å². The van der Waals surface area contributed by atoms with E-state index in [-0.39, 0.29) is 0 Å². The van der Waals surface area contributed by atoms with Crippen molar-refractivity contribution in [1.29, 1.82) is 0 Å². The second-order valence-electron chi connectivity index (χ2n) is 6.15. The zero-order valence-corrected chi connectivity index (χ0v) is 12.9. The molecule has 1 N–H and O–H groups in total. The molecular weight excluding hydrogens is 208 g/mol. The van der Waals surface area contributed by atoms with Crippen molar-refractivity contribution < 1.29 is 0 Å². The van der Waals surface area contributed by atoms with Crippen molar-refractivity contribution in [3.63, 3.8) is 0 Å². The van der Waals surface area contributed by atoms with Gasteiger partial charge in [0.15, 0.2) is 0 Å². The molecule has 0 fully saturated rings. The highest BCUT2D eigenvalue weighted by molar-refractivity contribution is 4.72. The summed E-state index contributed by atoms with van der Waals surface area (Å²) in [6.07, 6.45) is 2.57. The summed E-state index contributed by atoms with van der Waals surface area (Å²) in [7, 11) is 0. The van der Waals surface area contributed by atoms with E-state index >= 15 is 0 Å². The topological polar surface area (TPSA) is 15.3 Å². The molecule has 0 spiro atoms. The van der Waals surface area contributed by atoms with Crippen molar-refractivity contribution in [1.82, 2.24) is 10.2 Å². The standard InChI is InChI=1S/C15H34N2/c1-7-8-9-16-10-15(6)17(11-13(2)3)12-14(4)5/h13-16H,7-12H2,1-6H3. The van der Waals surface area contributed by atoms with Crippen LogP contribution in [0.4, 0.5) is 0 Å². The maximum absolute atomic E-state index is 3.57. The normalized spacial score (nSPS) is 13.9. The Morgan fingerprint density at radius 2 is 1.47 bits per heavy atom. The van der Waals surface area contributed by atoms with Gasteiger partial charge in [-0.05, 0) is 31.7 Å². The zero-order valence-electron chi connectivity index (χ0n) is 12.9. The van der Waals surface area contributed by atoms with Crippen LogP contribution in [0.2, 0.25) is 0 Å². The quantitative estimate of drug-likeness (QED) is 0.591. The van der Waals surface area contributed by atoms with E-state index in [4.69, 9.17) is 0 Å². The van der Waals surface area contributed by atoms with Crippen molar-refractivity contribution in [2.75, 3.05) is 26.2 Å². The number of hydrogen-bond donors (Lipinski definition) is 1. The van der Waals surface area contributed by atoms with E-state index in [9.17, 15) is 0 Å². The molecule has 0 aliphatic heterocycles. The van der Waals surface area contributed by atoms with E-state index < -0.39 is 0 Å². The molecule has 17 heavy (non-hydrogen) atoms. The van der Waals surface area contributed by atoms with Crippen LogP contribution in [0.15, 0.2) is 0 Å². The first-order chi connectivity index (χ1) is 7.97. The van der Waals surface area contributed by atoms with Crippen LogP contribution in [0.5, 0.6) is 0 Å². The van der Waals surface area contributed by atoms with Gasteiger partial charge in [0, 0.05) is 25.7 Å². The molecule has 0 amide bonds. The van der Waals surface area contributed by atoms with Crippen molar-refractivity contribution in [2.24, 2.45) is 11.8 Å². The molecule has 0 radical (unpaired) electrons. The second kappa shape index (κ2) is 9.90. The minimum Gasteiger partial charge on any atom is -0.315 e. The summed E-state index contributed by atoms with van der Waals surface area (Å²) in [5.74, 6) is 1.51. The summed E-state index contributed by atoms with van der Waals surface area (Å²) in [6, 6.07) is 0.650. The fourth-order valence-electron chi connectivity index (χ4n) is 2.11. The molecule has 0 aliphatic rings. The summed E-state index contributed by atoms with van der Waals surface area (Å²) in [5, 5.41) is 3.57. The second-order valence-corrected chi connectivity index (χ2v) is 6.15. The van der Waals surface area contributed by atoms with Crippen molar-refractivity contribution in [2.45, 2.75) is 60.4 Å². The van der Waals surface area contributed by atoms with Gasteiger partial charge < -0.3 is 5.32 Å². The van der Waals surface area contributed by atoms with Gasteiger partial charge in [-0.3, -0.25) is 4.90 Å². The third kappa shape index (κ3) is 9.61. The minimum atomic E-state index is 0.650. The summed E-state index contributed by atoms with van der Waals surface area (Å²) >= 11 is 0. The Labute approximate surface area is 109 Å². The summed E-state index contributed by atoms with van der Waals surface area (Å²) in [6.45, 7) is 18.6. The predicted octanol–water partition coefficient (Wildman–Crippen LogP) is 3.38. The molecule has 1 atom stereocenters. The lowest BCUT2D eigenvalue weighted by Gasteiger charge is -2.32. The molecule has 0 aromatic heterocycles. The van der Waals surface area contributed by atoms with Gasteiger partial charge in [0.2, 0.25) is 0 Å². The van der Waals surface area contributed by atoms with Crippen molar-refractivity contribution in [3.8, 4) is 0 Å². The van der Waals surface area contributed by atoms with Crippen LogP contribution in [0.25, 0.3) is 0 Å². The van der Waals surface area contributed by atoms with Crippen LogP contribution in [0.3, 0.4) is 0 Å². The lowest BCUT2D eigenvalue weighted by atomic mass is 10.1. The molecule has 104 valence electrons. The van der Waals surface area contributed by atoms with Gasteiger partial charge in [-0.1, -0.05) is 41.0 Å². The Kier molecular flexibility index (Phi) is 9.85. The van der Waals surface area contributed by atoms with Crippen molar-refractivity contribution >= 4 is 0 Å². The lowest BCUT2D eigenvalue weighted by molar-refractivity contribution is 0.163. The Morgan fingerprint density at radius 1 is 0.941 bits per heavy atom. The maximum atomic E-state index is 3.57. The van der Waals surface area contributed by atoms with Crippen LogP contribution in [0.1, 0.15) is 54.4 Å². The Bertz CT molecular complexity index is 156. The van der Waals surface area contributed by atoms with Crippen LogP contribution < -0.4 is 5.32 Å². The number of nitrogens with zero attached hydrogens (tertiary/aromatic N) is 1. The monoisotopic (exact) mass is 242 g/mol. The van der Waals surface area contributed by atoms with E-state index in [2.05, 4.69) is 51.8 Å². The molecular formula is C15H34N2. The van der Waals surface area contributed by atoms with Crippen LogP contribution in [0, 0.1) is 11.8 Å². The van der Waals surface area contributed by atoms with Gasteiger partial charge in [0.25, 0.3) is 0 Å². The van der Waals surface area contributed by atoms with E-state index in [0.717, 1.165) is 24.9 Å². The highest BCUT2D eigenvalue weighted by atomic mass is 15.2. The molecule has 2 heteroatoms. The molecule has 0 heterocycles. The molecule has 0 rings (SSSR count). The number of rotatable bonds is 10. The SMILES string of the molecule is CCCCNCC(C)N(CC(C)C)CC(C)C. The van der Waals surface area contributed by atoms with Gasteiger partial charge in [-0.2, -0.15) is 0 Å². The van der Waals surface area contributed by atoms with E-state index in [0.29, 0.717) is 6.04 Å². The maximum Gasteiger partial charge on any atom is 0.0192 e. The van der Waals surface area contributed by atoms with Crippen LogP contribution in [-0.4, -0.2) is 37.1 Å². The molecule has 0 aromatic carbocycles. The fourth-order valence-corrected chi connectivity index (χ4v) is 2.11. The number of unbranched alkanes of at least 4 members (excludes halogenated alkanes) is 1. The highest BCUT2D eigenvalue weighted by Gasteiger charge is 2.15. The molecule has 0 aromatic rings. The van der Waals surface area contributed by atoms with E-state index in [1.807, 2.05) is 0 Å². The largest absolute Gasteiger partial charge is 0.315 e. The number of hydrogen-bond acceptors (Lipinski definition) is 2. The van der Waals surface area contributed by atoms with Gasteiger partial charge in [-0.15, -0.1) is 0 Å². The lowest BCUT2D eigenvalue weighted by Crippen LogP contribution is -2.44. The molecule has 0 aliphatic carbocycles. The predicted molar refractivity (Wildman–Crippen MR) is 78.5 cm³/mol. The first kappa shape index (κ1) is 16.9. The zero-order chi connectivity index (χ0) is 13.3. The van der Waals surface area contributed by atoms with Gasteiger partial charge in [0.05, 0.1) is 0 Å². The Hall–Kier alpha value is -0.0800. The molecule has 0 saturated heterocycles. The molecule has 0 bridgehead atoms. The van der Waals surface area contributed by atoms with Crippen LogP contribution in [-0.2, 0) is 0 Å². The first-order valence-electron chi connectivity index (χ1n) is 7.42. The number of nitrogens with one attached hydrogen (secondary N) is 1. The summed E-state index contributed by atoms with van der Waals surface area (Å²) in [4.78, 5) is 2.63. The molecule has 1 unspecified atom stereocenters. The van der Waals surface area contributed by atoms with Crippen molar-refractivity contribution in [3.05, 3.63) is 0 Å². The summed E-state index contributed by atoms with van der Waals surface area (Å²) < 4.78 is 0. The average Bonchev–Trinajstić information content (AvgIpc) is 2.22. The highest BCUT2D eigenvalue weighted by Crippen LogP contribution is 2.08. The summed E-state index contributed by atoms with van der Waals surface area (Å²) in [5.41, 5.74) is 0. The van der Waals surface area contributed by atoms with Crippen LogP contribution >= 0.6 is 0 Å². The molecule has 2 nitrogen and oxygen atoms in total. The Balaban J connectivity index is 3.98. The fraction of sp³-hybridized carbons (Fsp3) is 1.00.